The van der Waals surface area contributed by atoms with Gasteiger partial charge in [-0.1, -0.05) is 28.1 Å². The van der Waals surface area contributed by atoms with Gasteiger partial charge in [0.2, 0.25) is 0 Å². The van der Waals surface area contributed by atoms with Gasteiger partial charge in [-0.05, 0) is 30.3 Å². The lowest BCUT2D eigenvalue weighted by molar-refractivity contribution is 0.0282. The molecule has 0 radical (unpaired) electrons. The normalized spacial score (nSPS) is 11.8. The number of rotatable bonds is 2. The quantitative estimate of drug-likeness (QED) is 0.648. The Morgan fingerprint density at radius 3 is 2.64 bits per heavy atom. The third kappa shape index (κ3) is 2.64. The predicted molar refractivity (Wildman–Crippen MR) is 81.8 cm³/mol. The first-order valence-corrected chi connectivity index (χ1v) is 7.28. The minimum absolute atomic E-state index is 0.0537. The molecule has 3 nitrogen and oxygen atoms in total. The van der Waals surface area contributed by atoms with Crippen LogP contribution in [0.25, 0.3) is 10.9 Å². The van der Waals surface area contributed by atoms with Crippen molar-refractivity contribution >= 4 is 39.1 Å². The van der Waals surface area contributed by atoms with E-state index in [2.05, 4.69) is 30.9 Å². The van der Waals surface area contributed by atoms with E-state index in [0.717, 1.165) is 18.3 Å². The number of nitrogens with zero attached hydrogens (tertiary/aromatic N) is 2. The number of aromatic nitrogens is 3. The molecular formula is C14H7BrF3N3S. The molecular weight excluding hydrogens is 379 g/mol. The van der Waals surface area contributed by atoms with Gasteiger partial charge in [-0.2, -0.15) is 8.78 Å². The van der Waals surface area contributed by atoms with Crippen molar-refractivity contribution < 1.29 is 13.2 Å². The van der Waals surface area contributed by atoms with E-state index in [0.29, 0.717) is 15.4 Å². The smallest absolute Gasteiger partial charge is 0.338 e. The average molecular weight is 386 g/mol. The fourth-order valence-electron chi connectivity index (χ4n) is 1.96. The topological polar surface area (TPSA) is 41.6 Å². The molecule has 2 heterocycles. The van der Waals surface area contributed by atoms with E-state index in [4.69, 9.17) is 12.2 Å². The van der Waals surface area contributed by atoms with Crippen LogP contribution in [0.4, 0.5) is 13.2 Å². The summed E-state index contributed by atoms with van der Waals surface area (Å²) in [6.45, 7) is 0. The van der Waals surface area contributed by atoms with Crippen LogP contribution in [0.2, 0.25) is 0 Å². The van der Waals surface area contributed by atoms with E-state index < -0.39 is 23.3 Å². The molecule has 0 aliphatic heterocycles. The van der Waals surface area contributed by atoms with Gasteiger partial charge in [-0.15, -0.1) is 0 Å². The monoisotopic (exact) mass is 385 g/mol. The summed E-state index contributed by atoms with van der Waals surface area (Å²) < 4.78 is 42.6. The highest BCUT2D eigenvalue weighted by Gasteiger charge is 2.38. The van der Waals surface area contributed by atoms with Crippen LogP contribution in [0, 0.1) is 10.5 Å². The zero-order valence-electron chi connectivity index (χ0n) is 10.8. The number of alkyl halides is 2. The highest BCUT2D eigenvalue weighted by atomic mass is 79.9. The van der Waals surface area contributed by atoms with Gasteiger partial charge in [-0.25, -0.2) is 9.37 Å². The van der Waals surface area contributed by atoms with Crippen LogP contribution in [0.1, 0.15) is 11.5 Å². The molecule has 22 heavy (non-hydrogen) atoms. The largest absolute Gasteiger partial charge is 0.346 e. The Kier molecular flexibility index (Phi) is 3.73. The Bertz CT molecular complexity index is 909. The number of aromatic amines is 1. The van der Waals surface area contributed by atoms with E-state index in [1.165, 1.54) is 0 Å². The Morgan fingerprint density at radius 1 is 1.18 bits per heavy atom. The van der Waals surface area contributed by atoms with Crippen LogP contribution in [-0.4, -0.2) is 15.0 Å². The van der Waals surface area contributed by atoms with Gasteiger partial charge in [-0.3, -0.25) is 4.98 Å². The molecule has 0 bridgehead atoms. The van der Waals surface area contributed by atoms with Crippen molar-refractivity contribution in [2.75, 3.05) is 0 Å². The molecule has 8 heteroatoms. The number of pyridine rings is 1. The van der Waals surface area contributed by atoms with Gasteiger partial charge < -0.3 is 4.98 Å². The summed E-state index contributed by atoms with van der Waals surface area (Å²) in [5, 5.41) is 0.560. The van der Waals surface area contributed by atoms with Crippen LogP contribution in [0.15, 0.2) is 41.0 Å². The second kappa shape index (κ2) is 5.44. The fraction of sp³-hybridized carbons (Fsp3) is 0.0714. The zero-order chi connectivity index (χ0) is 15.9. The lowest BCUT2D eigenvalue weighted by atomic mass is 10.2. The molecule has 3 aromatic rings. The van der Waals surface area contributed by atoms with Crippen molar-refractivity contribution in [1.29, 1.82) is 0 Å². The molecule has 112 valence electrons. The van der Waals surface area contributed by atoms with E-state index >= 15 is 0 Å². The Hall–Kier alpha value is -1.80. The SMILES string of the molecule is Fc1ccc(C(F)(F)c2nc(=S)c3ccc(Br)cc3[nH]2)nc1. The Morgan fingerprint density at radius 2 is 1.95 bits per heavy atom. The van der Waals surface area contributed by atoms with E-state index in [1.54, 1.807) is 18.2 Å². The van der Waals surface area contributed by atoms with E-state index in [-0.39, 0.29) is 4.64 Å². The molecule has 0 unspecified atom stereocenters. The van der Waals surface area contributed by atoms with Crippen molar-refractivity contribution in [3.05, 3.63) is 63.0 Å². The Balaban J connectivity index is 2.20. The molecule has 0 atom stereocenters. The lowest BCUT2D eigenvalue weighted by Gasteiger charge is -2.15. The standard InChI is InChI=1S/C14H7BrF3N3S/c15-7-1-3-9-10(5-7)20-13(21-12(9)22)14(17,18)11-4-2-8(16)6-19-11/h1-6H,(H,20,21,22). The van der Waals surface area contributed by atoms with Crippen molar-refractivity contribution in [3.63, 3.8) is 0 Å². The highest BCUT2D eigenvalue weighted by Crippen LogP contribution is 2.33. The number of hydrogen-bond acceptors (Lipinski definition) is 3. The maximum absolute atomic E-state index is 14.5. The predicted octanol–water partition coefficient (Wildman–Crippen LogP) is 4.73. The van der Waals surface area contributed by atoms with Crippen molar-refractivity contribution in [2.45, 2.75) is 5.92 Å². The van der Waals surface area contributed by atoms with Gasteiger partial charge in [0, 0.05) is 9.86 Å². The van der Waals surface area contributed by atoms with Crippen LogP contribution < -0.4 is 0 Å². The van der Waals surface area contributed by atoms with E-state index in [1.807, 2.05) is 0 Å². The van der Waals surface area contributed by atoms with Crippen LogP contribution in [-0.2, 0) is 5.92 Å². The lowest BCUT2D eigenvalue weighted by Crippen LogP contribution is -2.21. The third-order valence-corrected chi connectivity index (χ3v) is 3.83. The minimum Gasteiger partial charge on any atom is -0.338 e. The van der Waals surface area contributed by atoms with E-state index in [9.17, 15) is 13.2 Å². The molecule has 0 amide bonds. The van der Waals surface area contributed by atoms with Crippen molar-refractivity contribution in [2.24, 2.45) is 0 Å². The van der Waals surface area contributed by atoms with Gasteiger partial charge in [0.1, 0.15) is 16.2 Å². The first kappa shape index (κ1) is 15.1. The van der Waals surface area contributed by atoms with Crippen LogP contribution in [0.5, 0.6) is 0 Å². The molecule has 0 saturated heterocycles. The molecule has 1 N–H and O–H groups in total. The first-order chi connectivity index (χ1) is 10.4. The summed E-state index contributed by atoms with van der Waals surface area (Å²) in [4.78, 5) is 9.76. The van der Waals surface area contributed by atoms with Crippen molar-refractivity contribution in [3.8, 4) is 0 Å². The Labute approximate surface area is 136 Å². The number of fused-ring (bicyclic) bond motifs is 1. The molecule has 0 aliphatic rings. The van der Waals surface area contributed by atoms with Crippen LogP contribution in [0.3, 0.4) is 0 Å². The highest BCUT2D eigenvalue weighted by molar-refractivity contribution is 9.10. The second-order valence-corrected chi connectivity index (χ2v) is 5.82. The third-order valence-electron chi connectivity index (χ3n) is 3.02. The number of H-pyrrole nitrogens is 1. The summed E-state index contributed by atoms with van der Waals surface area (Å²) in [7, 11) is 0. The first-order valence-electron chi connectivity index (χ1n) is 6.08. The summed E-state index contributed by atoms with van der Waals surface area (Å²) >= 11 is 8.33. The second-order valence-electron chi connectivity index (χ2n) is 4.52. The summed E-state index contributed by atoms with van der Waals surface area (Å²) in [5.41, 5.74) is -0.187. The molecule has 0 spiro atoms. The van der Waals surface area contributed by atoms with Gasteiger partial charge in [0.05, 0.1) is 11.7 Å². The van der Waals surface area contributed by atoms with Gasteiger partial charge in [0.15, 0.2) is 5.82 Å². The maximum atomic E-state index is 14.5. The number of benzene rings is 1. The minimum atomic E-state index is -3.52. The molecule has 1 aromatic carbocycles. The average Bonchev–Trinajstić information content (AvgIpc) is 2.47. The molecule has 0 fully saturated rings. The maximum Gasteiger partial charge on any atom is 0.346 e. The molecule has 0 saturated carbocycles. The summed E-state index contributed by atoms with van der Waals surface area (Å²) in [6.07, 6.45) is 0.732. The summed E-state index contributed by atoms with van der Waals surface area (Å²) in [6, 6.07) is 6.89. The fourth-order valence-corrected chi connectivity index (χ4v) is 2.59. The zero-order valence-corrected chi connectivity index (χ0v) is 13.2. The van der Waals surface area contributed by atoms with Gasteiger partial charge >= 0.3 is 5.92 Å². The number of nitrogens with one attached hydrogen (secondary N) is 1. The van der Waals surface area contributed by atoms with Crippen molar-refractivity contribution in [1.82, 2.24) is 15.0 Å². The number of halogens is 4. The van der Waals surface area contributed by atoms with Crippen LogP contribution >= 0.6 is 28.1 Å². The molecule has 0 aliphatic carbocycles. The molecule has 2 aromatic heterocycles. The van der Waals surface area contributed by atoms with Gasteiger partial charge in [0.25, 0.3) is 0 Å². The summed E-state index contributed by atoms with van der Waals surface area (Å²) in [5.74, 6) is -4.84. The molecule has 3 rings (SSSR count). The number of hydrogen-bond donors (Lipinski definition) is 1.